The Morgan fingerprint density at radius 1 is 1.40 bits per heavy atom. The van der Waals surface area contributed by atoms with Crippen LogP contribution in [-0.2, 0) is 0 Å². The molecule has 1 unspecified atom stereocenters. The average Bonchev–Trinajstić information content (AvgIpc) is 1.97. The molecule has 0 saturated heterocycles. The minimum atomic E-state index is 0.861. The third-order valence-electron chi connectivity index (χ3n) is 1.81. The predicted octanol–water partition coefficient (Wildman–Crippen LogP) is 3.59. The first-order chi connectivity index (χ1) is 4.81. The molecule has 0 aliphatic heterocycles. The first-order valence-electron chi connectivity index (χ1n) is 4.21. The molecule has 0 fully saturated rings. The molecule has 0 aromatic carbocycles. The average molecular weight is 139 g/mol. The van der Waals surface area contributed by atoms with Crippen LogP contribution in [0.5, 0.6) is 0 Å². The van der Waals surface area contributed by atoms with Gasteiger partial charge in [0.15, 0.2) is 0 Å². The van der Waals surface area contributed by atoms with Crippen LogP contribution in [0.25, 0.3) is 0 Å². The van der Waals surface area contributed by atoms with Gasteiger partial charge in [0.1, 0.15) is 0 Å². The molecule has 1 radical (unpaired) electrons. The van der Waals surface area contributed by atoms with E-state index in [1.165, 1.54) is 19.3 Å². The lowest BCUT2D eigenvalue weighted by Crippen LogP contribution is -1.92. The Morgan fingerprint density at radius 2 is 2.10 bits per heavy atom. The zero-order valence-corrected chi connectivity index (χ0v) is 7.10. The SMILES string of the molecule is [CH2]CCCC(C)CCC=C. The van der Waals surface area contributed by atoms with E-state index in [1.54, 1.807) is 0 Å². The molecule has 0 amide bonds. The van der Waals surface area contributed by atoms with E-state index in [0.29, 0.717) is 0 Å². The van der Waals surface area contributed by atoms with Gasteiger partial charge < -0.3 is 0 Å². The van der Waals surface area contributed by atoms with Crippen LogP contribution in [0.15, 0.2) is 12.7 Å². The smallest absolute Gasteiger partial charge is 0.0351 e. The standard InChI is InChI=1S/C10H19/c1-4-6-8-10(3)9-7-5-2/h4,10H,1-2,5-9H2,3H3. The lowest BCUT2D eigenvalue weighted by Gasteiger charge is -2.07. The van der Waals surface area contributed by atoms with Crippen molar-refractivity contribution >= 4 is 0 Å². The van der Waals surface area contributed by atoms with Crippen LogP contribution in [0.3, 0.4) is 0 Å². The molecule has 0 bridgehead atoms. The van der Waals surface area contributed by atoms with E-state index in [0.717, 1.165) is 18.8 Å². The maximum atomic E-state index is 3.82. The van der Waals surface area contributed by atoms with E-state index in [4.69, 9.17) is 0 Å². The van der Waals surface area contributed by atoms with Crippen LogP contribution in [0.4, 0.5) is 0 Å². The highest BCUT2D eigenvalue weighted by atomic mass is 14.0. The van der Waals surface area contributed by atoms with Gasteiger partial charge in [-0.2, -0.15) is 0 Å². The molecule has 0 aliphatic carbocycles. The van der Waals surface area contributed by atoms with Gasteiger partial charge in [-0.05, 0) is 18.8 Å². The fraction of sp³-hybridized carbons (Fsp3) is 0.700. The highest BCUT2D eigenvalue weighted by molar-refractivity contribution is 4.68. The summed E-state index contributed by atoms with van der Waals surface area (Å²) < 4.78 is 0. The van der Waals surface area contributed by atoms with Crippen molar-refractivity contribution in [1.82, 2.24) is 0 Å². The van der Waals surface area contributed by atoms with Crippen molar-refractivity contribution < 1.29 is 0 Å². The van der Waals surface area contributed by atoms with Gasteiger partial charge in [0.05, 0.1) is 0 Å². The summed E-state index contributed by atoms with van der Waals surface area (Å²) in [5, 5.41) is 0. The Morgan fingerprint density at radius 3 is 2.60 bits per heavy atom. The zero-order valence-electron chi connectivity index (χ0n) is 7.10. The number of allylic oxidation sites excluding steroid dienone is 1. The molecular formula is C10H19. The Bertz CT molecular complexity index is 74.1. The Balaban J connectivity index is 3.07. The number of hydrogen-bond acceptors (Lipinski definition) is 0. The monoisotopic (exact) mass is 139 g/mol. The minimum absolute atomic E-state index is 0.861. The van der Waals surface area contributed by atoms with Gasteiger partial charge in [-0.15, -0.1) is 6.58 Å². The summed E-state index contributed by atoms with van der Waals surface area (Å²) in [6.07, 6.45) is 8.15. The molecular weight excluding hydrogens is 120 g/mol. The summed E-state index contributed by atoms with van der Waals surface area (Å²) in [5.41, 5.74) is 0. The molecule has 0 spiro atoms. The van der Waals surface area contributed by atoms with E-state index in [2.05, 4.69) is 20.4 Å². The van der Waals surface area contributed by atoms with Gasteiger partial charge in [0.2, 0.25) is 0 Å². The van der Waals surface area contributed by atoms with Crippen molar-refractivity contribution in [2.24, 2.45) is 5.92 Å². The van der Waals surface area contributed by atoms with E-state index in [-0.39, 0.29) is 0 Å². The number of hydrogen-bond donors (Lipinski definition) is 0. The van der Waals surface area contributed by atoms with Crippen LogP contribution in [-0.4, -0.2) is 0 Å². The Labute approximate surface area is 65.3 Å². The second-order valence-corrected chi connectivity index (χ2v) is 2.97. The first kappa shape index (κ1) is 9.74. The summed E-state index contributed by atoms with van der Waals surface area (Å²) in [5.74, 6) is 0.861. The van der Waals surface area contributed by atoms with E-state index in [1.807, 2.05) is 6.08 Å². The summed E-state index contributed by atoms with van der Waals surface area (Å²) in [6.45, 7) is 9.82. The quantitative estimate of drug-likeness (QED) is 0.493. The molecule has 0 saturated carbocycles. The van der Waals surface area contributed by atoms with Crippen LogP contribution < -0.4 is 0 Å². The van der Waals surface area contributed by atoms with Gasteiger partial charge in [-0.3, -0.25) is 0 Å². The van der Waals surface area contributed by atoms with Crippen molar-refractivity contribution in [3.8, 4) is 0 Å². The van der Waals surface area contributed by atoms with Crippen LogP contribution >= 0.6 is 0 Å². The molecule has 0 aromatic heterocycles. The maximum absolute atomic E-state index is 3.82. The fourth-order valence-corrected chi connectivity index (χ4v) is 1.04. The highest BCUT2D eigenvalue weighted by Gasteiger charge is 1.98. The van der Waals surface area contributed by atoms with Crippen molar-refractivity contribution in [2.45, 2.75) is 39.0 Å². The molecule has 0 N–H and O–H groups in total. The molecule has 0 aromatic rings. The molecule has 59 valence electrons. The lowest BCUT2D eigenvalue weighted by atomic mass is 9.99. The zero-order chi connectivity index (χ0) is 7.82. The van der Waals surface area contributed by atoms with Gasteiger partial charge in [0, 0.05) is 0 Å². The Kier molecular flexibility index (Phi) is 6.68. The topological polar surface area (TPSA) is 0 Å². The number of rotatable bonds is 6. The minimum Gasteiger partial charge on any atom is -0.103 e. The normalized spacial score (nSPS) is 13.0. The van der Waals surface area contributed by atoms with Gasteiger partial charge >= 0.3 is 0 Å². The summed E-state index contributed by atoms with van der Waals surface area (Å²) in [7, 11) is 0. The van der Waals surface area contributed by atoms with Crippen molar-refractivity contribution in [1.29, 1.82) is 0 Å². The third kappa shape index (κ3) is 5.87. The first-order valence-corrected chi connectivity index (χ1v) is 4.21. The van der Waals surface area contributed by atoms with Gasteiger partial charge in [-0.25, -0.2) is 0 Å². The molecule has 0 rings (SSSR count). The lowest BCUT2D eigenvalue weighted by molar-refractivity contribution is 0.481. The summed E-state index contributed by atoms with van der Waals surface area (Å²) >= 11 is 0. The molecule has 0 heteroatoms. The van der Waals surface area contributed by atoms with Crippen molar-refractivity contribution in [3.05, 3.63) is 19.6 Å². The van der Waals surface area contributed by atoms with E-state index >= 15 is 0 Å². The summed E-state index contributed by atoms with van der Waals surface area (Å²) in [6, 6.07) is 0. The van der Waals surface area contributed by atoms with E-state index in [9.17, 15) is 0 Å². The second-order valence-electron chi connectivity index (χ2n) is 2.97. The number of unbranched alkanes of at least 4 members (excludes halogenated alkanes) is 1. The molecule has 1 atom stereocenters. The molecule has 0 nitrogen and oxygen atoms in total. The summed E-state index contributed by atoms with van der Waals surface area (Å²) in [4.78, 5) is 0. The van der Waals surface area contributed by atoms with Gasteiger partial charge in [0.25, 0.3) is 0 Å². The maximum Gasteiger partial charge on any atom is -0.0351 e. The van der Waals surface area contributed by atoms with Crippen molar-refractivity contribution in [3.63, 3.8) is 0 Å². The molecule has 0 aliphatic rings. The molecule has 10 heavy (non-hydrogen) atoms. The van der Waals surface area contributed by atoms with Crippen LogP contribution in [0.1, 0.15) is 39.0 Å². The predicted molar refractivity (Wildman–Crippen MR) is 47.8 cm³/mol. The second kappa shape index (κ2) is 6.85. The largest absolute Gasteiger partial charge is 0.103 e. The molecule has 0 heterocycles. The van der Waals surface area contributed by atoms with E-state index < -0.39 is 0 Å². The highest BCUT2D eigenvalue weighted by Crippen LogP contribution is 2.13. The van der Waals surface area contributed by atoms with Crippen molar-refractivity contribution in [2.75, 3.05) is 0 Å². The fourth-order valence-electron chi connectivity index (χ4n) is 1.04. The van der Waals surface area contributed by atoms with Crippen LogP contribution in [0.2, 0.25) is 0 Å². The third-order valence-corrected chi connectivity index (χ3v) is 1.81. The Hall–Kier alpha value is -0.260. The van der Waals surface area contributed by atoms with Gasteiger partial charge in [-0.1, -0.05) is 39.2 Å². The van der Waals surface area contributed by atoms with Crippen LogP contribution in [0, 0.1) is 12.8 Å².